The van der Waals surface area contributed by atoms with Gasteiger partial charge in [0.15, 0.2) is 0 Å². The molecule has 0 aliphatic rings. The summed E-state index contributed by atoms with van der Waals surface area (Å²) in [5, 5.41) is 2.62. The molecule has 19 heavy (non-hydrogen) atoms. The predicted molar refractivity (Wildman–Crippen MR) is 65.2 cm³/mol. The summed E-state index contributed by atoms with van der Waals surface area (Å²) in [6.07, 6.45) is -4.43. The zero-order chi connectivity index (χ0) is 13.9. The molecule has 0 spiro atoms. The average molecular weight is 269 g/mol. The lowest BCUT2D eigenvalue weighted by Crippen LogP contribution is -2.11. The van der Waals surface area contributed by atoms with Crippen LogP contribution in [0.1, 0.15) is 11.1 Å². The molecule has 1 nitrogen and oxygen atoms in total. The Morgan fingerprint density at radius 3 is 2.21 bits per heavy atom. The molecule has 2 rings (SSSR count). The van der Waals surface area contributed by atoms with E-state index in [1.807, 2.05) is 0 Å². The largest absolute Gasteiger partial charge is 0.418 e. The zero-order valence-corrected chi connectivity index (χ0v) is 9.84. The van der Waals surface area contributed by atoms with Gasteiger partial charge < -0.3 is 5.32 Å². The van der Waals surface area contributed by atoms with Crippen LogP contribution < -0.4 is 5.32 Å². The Morgan fingerprint density at radius 1 is 0.895 bits per heavy atom. The second kappa shape index (κ2) is 5.30. The number of alkyl halides is 3. The molecule has 2 aromatic rings. The monoisotopic (exact) mass is 269 g/mol. The molecule has 0 aliphatic carbocycles. The number of anilines is 1. The molecular weight excluding hydrogens is 258 g/mol. The molecule has 0 fully saturated rings. The van der Waals surface area contributed by atoms with E-state index in [9.17, 15) is 17.6 Å². The van der Waals surface area contributed by atoms with Crippen LogP contribution in [0.5, 0.6) is 0 Å². The number of nitrogens with one attached hydrogen (secondary N) is 1. The zero-order valence-electron chi connectivity index (χ0n) is 9.84. The van der Waals surface area contributed by atoms with E-state index in [1.165, 1.54) is 36.4 Å². The second-order valence-electron chi connectivity index (χ2n) is 3.99. The first-order chi connectivity index (χ1) is 8.98. The molecule has 0 heterocycles. The van der Waals surface area contributed by atoms with E-state index in [4.69, 9.17) is 0 Å². The third-order valence-electron chi connectivity index (χ3n) is 2.66. The highest BCUT2D eigenvalue weighted by molar-refractivity contribution is 5.52. The van der Waals surface area contributed by atoms with Gasteiger partial charge in [-0.2, -0.15) is 13.2 Å². The van der Waals surface area contributed by atoms with Crippen molar-refractivity contribution in [3.8, 4) is 0 Å². The summed E-state index contributed by atoms with van der Waals surface area (Å²) in [4.78, 5) is 0. The van der Waals surface area contributed by atoms with E-state index >= 15 is 0 Å². The highest BCUT2D eigenvalue weighted by atomic mass is 19.4. The summed E-state index contributed by atoms with van der Waals surface area (Å²) in [6.45, 7) is -0.000231. The van der Waals surface area contributed by atoms with Crippen molar-refractivity contribution in [1.82, 2.24) is 0 Å². The van der Waals surface area contributed by atoms with Gasteiger partial charge in [0.2, 0.25) is 0 Å². The summed E-state index contributed by atoms with van der Waals surface area (Å²) in [7, 11) is 0. The maximum atomic E-state index is 13.4. The van der Waals surface area contributed by atoms with Gasteiger partial charge in [-0.1, -0.05) is 30.3 Å². The number of rotatable bonds is 3. The van der Waals surface area contributed by atoms with Gasteiger partial charge in [0.25, 0.3) is 0 Å². The van der Waals surface area contributed by atoms with Crippen molar-refractivity contribution in [3.63, 3.8) is 0 Å². The number of benzene rings is 2. The molecule has 0 aliphatic heterocycles. The molecule has 0 unspecified atom stereocenters. The van der Waals surface area contributed by atoms with Gasteiger partial charge in [-0.3, -0.25) is 0 Å². The Bertz CT molecular complexity index is 563. The molecule has 0 atom stereocenters. The first-order valence-electron chi connectivity index (χ1n) is 5.62. The molecule has 0 radical (unpaired) electrons. The Labute approximate surface area is 107 Å². The minimum atomic E-state index is -4.43. The van der Waals surface area contributed by atoms with E-state index in [0.717, 1.165) is 6.07 Å². The molecule has 2 aromatic carbocycles. The molecular formula is C14H11F4N. The molecule has 5 heteroatoms. The van der Waals surface area contributed by atoms with Gasteiger partial charge in [0, 0.05) is 17.8 Å². The van der Waals surface area contributed by atoms with Gasteiger partial charge in [-0.25, -0.2) is 4.39 Å². The van der Waals surface area contributed by atoms with Crippen molar-refractivity contribution in [1.29, 1.82) is 0 Å². The lowest BCUT2D eigenvalue weighted by atomic mass is 10.1. The van der Waals surface area contributed by atoms with Crippen molar-refractivity contribution in [3.05, 3.63) is 65.5 Å². The lowest BCUT2D eigenvalue weighted by Gasteiger charge is -2.14. The third kappa shape index (κ3) is 3.24. The van der Waals surface area contributed by atoms with Gasteiger partial charge in [-0.15, -0.1) is 0 Å². The summed E-state index contributed by atoms with van der Waals surface area (Å²) in [6, 6.07) is 11.1. The Balaban J connectivity index is 2.19. The fourth-order valence-corrected chi connectivity index (χ4v) is 1.72. The molecule has 100 valence electrons. The van der Waals surface area contributed by atoms with Crippen molar-refractivity contribution in [2.75, 3.05) is 5.32 Å². The van der Waals surface area contributed by atoms with Crippen LogP contribution in [0.4, 0.5) is 23.2 Å². The Morgan fingerprint density at radius 2 is 1.53 bits per heavy atom. The maximum absolute atomic E-state index is 13.4. The summed E-state index contributed by atoms with van der Waals surface area (Å²) in [5.74, 6) is -0.445. The van der Waals surface area contributed by atoms with E-state index in [-0.39, 0.29) is 12.2 Å². The van der Waals surface area contributed by atoms with Crippen LogP contribution in [0.15, 0.2) is 48.5 Å². The normalized spacial score (nSPS) is 11.4. The first-order valence-corrected chi connectivity index (χ1v) is 5.62. The minimum Gasteiger partial charge on any atom is -0.380 e. The topological polar surface area (TPSA) is 12.0 Å². The first kappa shape index (κ1) is 13.4. The van der Waals surface area contributed by atoms with Gasteiger partial charge >= 0.3 is 6.18 Å². The fourth-order valence-electron chi connectivity index (χ4n) is 1.72. The van der Waals surface area contributed by atoms with Crippen molar-refractivity contribution in [2.24, 2.45) is 0 Å². The van der Waals surface area contributed by atoms with Crippen molar-refractivity contribution in [2.45, 2.75) is 12.7 Å². The SMILES string of the molecule is Fc1ccccc1CNc1ccccc1C(F)(F)F. The minimum absolute atomic E-state index is 0.000231. The number of hydrogen-bond acceptors (Lipinski definition) is 1. The van der Waals surface area contributed by atoms with Crippen LogP contribution in [-0.2, 0) is 12.7 Å². The number of hydrogen-bond donors (Lipinski definition) is 1. The van der Waals surface area contributed by atoms with Crippen molar-refractivity contribution >= 4 is 5.69 Å². The van der Waals surface area contributed by atoms with Crippen LogP contribution in [0.25, 0.3) is 0 Å². The maximum Gasteiger partial charge on any atom is 0.418 e. The lowest BCUT2D eigenvalue weighted by molar-refractivity contribution is -0.136. The van der Waals surface area contributed by atoms with Crippen LogP contribution >= 0.6 is 0 Å². The van der Waals surface area contributed by atoms with Crippen LogP contribution in [0.3, 0.4) is 0 Å². The highest BCUT2D eigenvalue weighted by Crippen LogP contribution is 2.34. The summed E-state index contributed by atoms with van der Waals surface area (Å²) in [5.41, 5.74) is -0.496. The van der Waals surface area contributed by atoms with Crippen LogP contribution in [0.2, 0.25) is 0 Å². The van der Waals surface area contributed by atoms with Crippen molar-refractivity contribution < 1.29 is 17.6 Å². The van der Waals surface area contributed by atoms with E-state index < -0.39 is 17.6 Å². The number of halogens is 4. The van der Waals surface area contributed by atoms with Gasteiger partial charge in [0.1, 0.15) is 5.82 Å². The van der Waals surface area contributed by atoms with Gasteiger partial charge in [0.05, 0.1) is 5.56 Å². The van der Waals surface area contributed by atoms with Gasteiger partial charge in [-0.05, 0) is 18.2 Å². The molecule has 1 N–H and O–H groups in total. The number of para-hydroxylation sites is 1. The predicted octanol–water partition coefficient (Wildman–Crippen LogP) is 4.46. The Kier molecular flexibility index (Phi) is 3.74. The summed E-state index contributed by atoms with van der Waals surface area (Å²) < 4.78 is 51.6. The standard InChI is InChI=1S/C14H11F4N/c15-12-7-3-1-5-10(12)9-19-13-8-4-2-6-11(13)14(16,17)18/h1-8,19H,9H2. The smallest absolute Gasteiger partial charge is 0.380 e. The molecule has 0 saturated heterocycles. The molecule has 0 amide bonds. The van der Waals surface area contributed by atoms with E-state index in [0.29, 0.717) is 5.56 Å². The molecule has 0 bridgehead atoms. The quantitative estimate of drug-likeness (QED) is 0.811. The van der Waals surface area contributed by atoms with E-state index in [1.54, 1.807) is 6.07 Å². The van der Waals surface area contributed by atoms with Crippen LogP contribution in [-0.4, -0.2) is 0 Å². The second-order valence-corrected chi connectivity index (χ2v) is 3.99. The molecule has 0 saturated carbocycles. The average Bonchev–Trinajstić information content (AvgIpc) is 2.37. The fraction of sp³-hybridized carbons (Fsp3) is 0.143. The highest BCUT2D eigenvalue weighted by Gasteiger charge is 2.33. The van der Waals surface area contributed by atoms with Crippen LogP contribution in [0, 0.1) is 5.82 Å². The van der Waals surface area contributed by atoms with E-state index in [2.05, 4.69) is 5.32 Å². The molecule has 0 aromatic heterocycles. The Hall–Kier alpha value is -2.04. The summed E-state index contributed by atoms with van der Waals surface area (Å²) >= 11 is 0. The third-order valence-corrected chi connectivity index (χ3v) is 2.66.